The molecule has 53 heavy (non-hydrogen) atoms. The minimum Gasteiger partial charge on any atom is -0.489 e. The van der Waals surface area contributed by atoms with Gasteiger partial charge in [0.15, 0.2) is 16.9 Å². The van der Waals surface area contributed by atoms with Gasteiger partial charge in [-0.1, -0.05) is 35.3 Å². The smallest absolute Gasteiger partial charge is 0.387 e. The van der Waals surface area contributed by atoms with Gasteiger partial charge in [-0.2, -0.15) is 13.1 Å². The van der Waals surface area contributed by atoms with E-state index < -0.39 is 40.1 Å². The second-order valence-corrected chi connectivity index (χ2v) is 16.4. The standard InChI is InChI=1S/C35H37Cl2F2N3O9S2/c36-27-19-40-20-28(37)26(27)18-30(23-6-7-29(51-35(38)39)31(17-23)49-21-22-4-5-22)50-34(44)32-42(11-15-52-32)53(45,46)25-3-1-2-24(16-25)33(43)48-14-10-41-8-12-47-13-9-41/h1-3,6-7,16-17,19-20,22,30,32,35H,4-5,8-15,18,21H2/t30-,32+/m0/s1. The first-order valence-corrected chi connectivity index (χ1v) is 20.1. The van der Waals surface area contributed by atoms with Gasteiger partial charge in [-0.05, 0) is 60.2 Å². The van der Waals surface area contributed by atoms with Crippen LogP contribution in [0, 0.1) is 5.92 Å². The highest BCUT2D eigenvalue weighted by molar-refractivity contribution is 8.02. The fraction of sp³-hybridized carbons (Fsp3) is 0.457. The Balaban J connectivity index is 1.21. The molecule has 6 rings (SSSR count). The van der Waals surface area contributed by atoms with Gasteiger partial charge in [-0.15, -0.1) is 11.8 Å². The number of halogens is 4. The molecule has 0 N–H and O–H groups in total. The van der Waals surface area contributed by atoms with Crippen LogP contribution in [0.1, 0.15) is 40.4 Å². The zero-order chi connectivity index (χ0) is 37.5. The molecule has 3 heterocycles. The quantitative estimate of drug-likeness (QED) is 0.161. The summed E-state index contributed by atoms with van der Waals surface area (Å²) in [5, 5.41) is -0.900. The molecular weight excluding hydrogens is 779 g/mol. The SMILES string of the molecule is O=C(OCCN1CCOCC1)c1cccc(S(=O)(=O)N2CCS[C@@H]2C(=O)O[C@@H](Cc2c(Cl)cncc2Cl)c2ccc(OC(F)F)c(OCC3CC3)c2)c1. The minimum atomic E-state index is -4.31. The maximum atomic E-state index is 14.0. The number of carbonyl (C=O) groups is 2. The van der Waals surface area contributed by atoms with E-state index in [0.29, 0.717) is 36.8 Å². The molecule has 0 radical (unpaired) electrons. The highest BCUT2D eigenvalue weighted by Crippen LogP contribution is 2.39. The Bertz CT molecular complexity index is 1860. The van der Waals surface area contributed by atoms with Gasteiger partial charge < -0.3 is 23.7 Å². The van der Waals surface area contributed by atoms with Crippen LogP contribution in [0.25, 0.3) is 0 Å². The number of hydrogen-bond acceptors (Lipinski definition) is 12. The van der Waals surface area contributed by atoms with Gasteiger partial charge in [0.2, 0.25) is 10.0 Å². The lowest BCUT2D eigenvalue weighted by molar-refractivity contribution is -0.150. The Morgan fingerprint density at radius 3 is 2.49 bits per heavy atom. The number of sulfonamides is 1. The number of nitrogens with zero attached hydrogens (tertiary/aromatic N) is 3. The molecule has 0 spiro atoms. The van der Waals surface area contributed by atoms with Crippen molar-refractivity contribution in [2.45, 2.75) is 42.2 Å². The average Bonchev–Trinajstić information content (AvgIpc) is 3.84. The van der Waals surface area contributed by atoms with Crippen molar-refractivity contribution in [3.63, 3.8) is 0 Å². The highest BCUT2D eigenvalue weighted by atomic mass is 35.5. The molecule has 0 unspecified atom stereocenters. The normalized spacial score (nSPS) is 18.8. The molecule has 286 valence electrons. The first kappa shape index (κ1) is 39.4. The Morgan fingerprint density at radius 1 is 1.02 bits per heavy atom. The van der Waals surface area contributed by atoms with Gasteiger partial charge >= 0.3 is 18.6 Å². The van der Waals surface area contributed by atoms with Crippen LogP contribution in [0.15, 0.2) is 59.8 Å². The number of alkyl halides is 2. The van der Waals surface area contributed by atoms with Gasteiger partial charge in [0, 0.05) is 50.7 Å². The molecule has 0 amide bonds. The first-order valence-electron chi connectivity index (χ1n) is 16.9. The van der Waals surface area contributed by atoms with Crippen molar-refractivity contribution in [3.8, 4) is 11.5 Å². The molecule has 18 heteroatoms. The molecule has 1 aromatic heterocycles. The second kappa shape index (κ2) is 17.9. The van der Waals surface area contributed by atoms with E-state index in [0.717, 1.165) is 42.0 Å². The summed E-state index contributed by atoms with van der Waals surface area (Å²) < 4.78 is 82.8. The van der Waals surface area contributed by atoms with E-state index in [2.05, 4.69) is 14.6 Å². The van der Waals surface area contributed by atoms with Gasteiger partial charge in [0.25, 0.3) is 0 Å². The third-order valence-corrected chi connectivity index (χ3v) is 12.6. The molecule has 2 aromatic carbocycles. The Morgan fingerprint density at radius 2 is 1.77 bits per heavy atom. The molecule has 2 aliphatic heterocycles. The van der Waals surface area contributed by atoms with Crippen LogP contribution in [-0.4, -0.2) is 105 Å². The van der Waals surface area contributed by atoms with Crippen LogP contribution in [0.4, 0.5) is 8.78 Å². The molecule has 3 fully saturated rings. The number of esters is 2. The molecular formula is C35H37Cl2F2N3O9S2. The lowest BCUT2D eigenvalue weighted by Gasteiger charge is -2.26. The van der Waals surface area contributed by atoms with E-state index in [4.69, 9.17) is 42.1 Å². The van der Waals surface area contributed by atoms with Crippen LogP contribution < -0.4 is 9.47 Å². The van der Waals surface area contributed by atoms with E-state index in [9.17, 15) is 26.8 Å². The molecule has 1 aliphatic carbocycles. The molecule has 3 aliphatic rings. The predicted molar refractivity (Wildman–Crippen MR) is 192 cm³/mol. The largest absolute Gasteiger partial charge is 0.489 e. The van der Waals surface area contributed by atoms with Gasteiger partial charge in [-0.25, -0.2) is 18.0 Å². The molecule has 12 nitrogen and oxygen atoms in total. The van der Waals surface area contributed by atoms with Crippen molar-refractivity contribution in [2.75, 3.05) is 58.4 Å². The third-order valence-electron chi connectivity index (χ3n) is 8.80. The van der Waals surface area contributed by atoms with E-state index in [1.165, 1.54) is 54.9 Å². The molecule has 3 aromatic rings. The number of ether oxygens (including phenoxy) is 5. The van der Waals surface area contributed by atoms with Crippen LogP contribution in [-0.2, 0) is 35.4 Å². The van der Waals surface area contributed by atoms with Crippen LogP contribution in [0.2, 0.25) is 10.0 Å². The Kier molecular flexibility index (Phi) is 13.3. The van der Waals surface area contributed by atoms with Gasteiger partial charge in [0.1, 0.15) is 12.7 Å². The zero-order valence-electron chi connectivity index (χ0n) is 28.3. The number of carbonyl (C=O) groups excluding carboxylic acids is 2. The van der Waals surface area contributed by atoms with Crippen molar-refractivity contribution in [1.82, 2.24) is 14.2 Å². The summed E-state index contributed by atoms with van der Waals surface area (Å²) in [6.07, 6.45) is 3.47. The summed E-state index contributed by atoms with van der Waals surface area (Å²) in [5.41, 5.74) is 0.780. The van der Waals surface area contributed by atoms with Crippen molar-refractivity contribution in [2.24, 2.45) is 5.92 Å². The summed E-state index contributed by atoms with van der Waals surface area (Å²) in [7, 11) is -4.31. The van der Waals surface area contributed by atoms with E-state index in [1.54, 1.807) is 0 Å². The highest BCUT2D eigenvalue weighted by Gasteiger charge is 2.42. The van der Waals surface area contributed by atoms with Gasteiger partial charge in [-0.3, -0.25) is 9.88 Å². The lowest BCUT2D eigenvalue weighted by Crippen LogP contribution is -2.40. The maximum absolute atomic E-state index is 14.0. The Labute approximate surface area is 320 Å². The molecule has 2 saturated heterocycles. The van der Waals surface area contributed by atoms with Crippen LogP contribution in [0.5, 0.6) is 11.5 Å². The number of aromatic nitrogens is 1. The van der Waals surface area contributed by atoms with Crippen molar-refractivity contribution in [1.29, 1.82) is 0 Å². The van der Waals surface area contributed by atoms with Crippen molar-refractivity contribution < 1.29 is 50.5 Å². The molecule has 0 bridgehead atoms. The van der Waals surface area contributed by atoms with Crippen molar-refractivity contribution >= 4 is 56.9 Å². The third kappa shape index (κ3) is 10.3. The zero-order valence-corrected chi connectivity index (χ0v) is 31.5. The number of benzene rings is 2. The Hall–Kier alpha value is -3.25. The fourth-order valence-electron chi connectivity index (χ4n) is 5.75. The van der Waals surface area contributed by atoms with E-state index in [1.807, 2.05) is 0 Å². The summed E-state index contributed by atoms with van der Waals surface area (Å²) in [4.78, 5) is 32.7. The monoisotopic (exact) mass is 815 g/mol. The first-order chi connectivity index (χ1) is 25.5. The number of pyridine rings is 1. The van der Waals surface area contributed by atoms with E-state index in [-0.39, 0.29) is 63.9 Å². The van der Waals surface area contributed by atoms with Crippen molar-refractivity contribution in [3.05, 3.63) is 81.6 Å². The van der Waals surface area contributed by atoms with E-state index >= 15 is 0 Å². The predicted octanol–water partition coefficient (Wildman–Crippen LogP) is 5.86. The fourth-order valence-corrected chi connectivity index (χ4v) is 9.36. The average molecular weight is 817 g/mol. The summed E-state index contributed by atoms with van der Waals surface area (Å²) in [6.45, 7) is 0.485. The minimum absolute atomic E-state index is 0.00745. The lowest BCUT2D eigenvalue weighted by atomic mass is 10.0. The second-order valence-electron chi connectivity index (χ2n) is 12.5. The number of thioether (sulfide) groups is 1. The number of morpholine rings is 1. The summed E-state index contributed by atoms with van der Waals surface area (Å²) in [6, 6.07) is 9.65. The molecule has 1 saturated carbocycles. The number of hydrogen-bond donors (Lipinski definition) is 0. The maximum Gasteiger partial charge on any atom is 0.387 e. The van der Waals surface area contributed by atoms with Crippen LogP contribution >= 0.6 is 35.0 Å². The number of rotatable bonds is 16. The summed E-state index contributed by atoms with van der Waals surface area (Å²) in [5.74, 6) is -1.14. The van der Waals surface area contributed by atoms with Gasteiger partial charge in [0.05, 0.1) is 40.3 Å². The molecule has 2 atom stereocenters. The summed E-state index contributed by atoms with van der Waals surface area (Å²) >= 11 is 13.9. The van der Waals surface area contributed by atoms with Crippen LogP contribution in [0.3, 0.4) is 0 Å². The topological polar surface area (TPSA) is 134 Å².